The summed E-state index contributed by atoms with van der Waals surface area (Å²) in [5.41, 5.74) is 12.1. The minimum atomic E-state index is 0.0327. The first-order chi connectivity index (χ1) is 27.8. The molecule has 0 saturated heterocycles. The smallest absolute Gasteiger partial charge is 0.247 e. The molecule has 0 N–H and O–H groups in total. The van der Waals surface area contributed by atoms with Crippen LogP contribution in [0.15, 0.2) is 198 Å². The Morgan fingerprint density at radius 3 is 1.59 bits per heavy atom. The van der Waals surface area contributed by atoms with Crippen molar-refractivity contribution in [2.45, 2.75) is 9.79 Å². The minimum absolute atomic E-state index is 0.0327. The average molecular weight is 724 g/mol. The number of aromatic nitrogens is 1. The number of fused-ring (bicyclic) bond motifs is 13. The molecule has 2 aliphatic heterocycles. The largest absolute Gasteiger partial charge is 0.310 e. The first kappa shape index (κ1) is 30.8. The molecule has 11 aromatic rings. The summed E-state index contributed by atoms with van der Waals surface area (Å²) >= 11 is 1.93. The summed E-state index contributed by atoms with van der Waals surface area (Å²) in [6.07, 6.45) is 0. The molecule has 2 aliphatic rings. The maximum absolute atomic E-state index is 2.64. The van der Waals surface area contributed by atoms with Crippen LogP contribution >= 0.6 is 11.8 Å². The third kappa shape index (κ3) is 4.14. The van der Waals surface area contributed by atoms with E-state index in [0.29, 0.717) is 0 Å². The van der Waals surface area contributed by atoms with Gasteiger partial charge in [0.05, 0.1) is 11.0 Å². The van der Waals surface area contributed by atoms with Gasteiger partial charge in [0.15, 0.2) is 0 Å². The lowest BCUT2D eigenvalue weighted by atomic mass is 9.33. The summed E-state index contributed by atoms with van der Waals surface area (Å²) in [5, 5.41) is 13.0. The van der Waals surface area contributed by atoms with E-state index < -0.39 is 0 Å². The molecule has 13 rings (SSSR count). The lowest BCUT2D eigenvalue weighted by molar-refractivity contribution is 1.19. The van der Waals surface area contributed by atoms with Crippen molar-refractivity contribution in [2.24, 2.45) is 0 Å². The van der Waals surface area contributed by atoms with Gasteiger partial charge in [0.25, 0.3) is 0 Å². The lowest BCUT2D eigenvalue weighted by Gasteiger charge is -2.33. The molecule has 56 heavy (non-hydrogen) atoms. The Kier molecular flexibility index (Phi) is 6.34. The van der Waals surface area contributed by atoms with Gasteiger partial charge in [0, 0.05) is 26.3 Å². The molecule has 10 aromatic carbocycles. The summed E-state index contributed by atoms with van der Waals surface area (Å²) in [6.45, 7) is 0.122. The Morgan fingerprint density at radius 1 is 0.339 bits per heavy atom. The van der Waals surface area contributed by atoms with E-state index in [9.17, 15) is 0 Å². The molecular formula is C52H31B2NS. The van der Waals surface area contributed by atoms with Crippen molar-refractivity contribution in [1.82, 2.24) is 4.57 Å². The van der Waals surface area contributed by atoms with Crippen molar-refractivity contribution in [3.63, 3.8) is 0 Å². The number of nitrogens with zero attached hydrogens (tertiary/aromatic N) is 1. The molecule has 0 bridgehead atoms. The van der Waals surface area contributed by atoms with Crippen LogP contribution in [-0.4, -0.2) is 18.0 Å². The van der Waals surface area contributed by atoms with Gasteiger partial charge in [0.2, 0.25) is 13.4 Å². The maximum Gasteiger partial charge on any atom is 0.247 e. The predicted molar refractivity (Wildman–Crippen MR) is 244 cm³/mol. The zero-order valence-corrected chi connectivity index (χ0v) is 31.2. The average Bonchev–Trinajstić information content (AvgIpc) is 3.62. The molecule has 4 heteroatoms. The highest BCUT2D eigenvalue weighted by Gasteiger charge is 2.39. The van der Waals surface area contributed by atoms with E-state index in [2.05, 4.69) is 193 Å². The molecular weight excluding hydrogens is 692 g/mol. The molecule has 0 saturated carbocycles. The van der Waals surface area contributed by atoms with Crippen LogP contribution in [0.3, 0.4) is 0 Å². The van der Waals surface area contributed by atoms with E-state index >= 15 is 0 Å². The second-order valence-electron chi connectivity index (χ2n) is 15.5. The number of rotatable bonds is 2. The Morgan fingerprint density at radius 2 is 0.875 bits per heavy atom. The van der Waals surface area contributed by atoms with E-state index in [1.54, 1.807) is 0 Å². The third-order valence-corrected chi connectivity index (χ3v) is 13.9. The topological polar surface area (TPSA) is 4.93 Å². The van der Waals surface area contributed by atoms with Crippen LogP contribution in [-0.2, 0) is 0 Å². The number of hydrogen-bond donors (Lipinski definition) is 0. The fourth-order valence-electron chi connectivity index (χ4n) is 10.4. The van der Waals surface area contributed by atoms with Gasteiger partial charge in [0.1, 0.15) is 0 Å². The fourth-order valence-corrected chi connectivity index (χ4v) is 11.6. The molecule has 0 radical (unpaired) electrons. The Balaban J connectivity index is 1.22. The van der Waals surface area contributed by atoms with E-state index in [1.165, 1.54) is 113 Å². The molecule has 3 heterocycles. The zero-order valence-electron chi connectivity index (χ0n) is 30.4. The fraction of sp³-hybridized carbons (Fsp3) is 0. The first-order valence-corrected chi connectivity index (χ1v) is 20.4. The molecule has 0 aliphatic carbocycles. The monoisotopic (exact) mass is 723 g/mol. The quantitative estimate of drug-likeness (QED) is 0.161. The molecule has 0 unspecified atom stereocenters. The normalized spacial score (nSPS) is 13.2. The molecule has 0 amide bonds. The van der Waals surface area contributed by atoms with Crippen molar-refractivity contribution in [1.29, 1.82) is 0 Å². The van der Waals surface area contributed by atoms with Gasteiger partial charge >= 0.3 is 0 Å². The highest BCUT2D eigenvalue weighted by atomic mass is 32.2. The standard InChI is InChI=1S/C52H31B2NS/c1-5-19-36-32(13-1)17-11-24-40(36)53-42-23-9-10-26-48(42)56-49-31-43-47(30-44(49)53)55-46-28-27-34-15-3-7-21-38(34)50(46)51-39-22-8-4-16-35(39)29-45(52(51)55)54(43)41-25-12-18-33-14-2-6-20-37(33)41/h1-31H. The van der Waals surface area contributed by atoms with Crippen LogP contribution in [0.1, 0.15) is 0 Å². The third-order valence-electron chi connectivity index (χ3n) is 12.7. The van der Waals surface area contributed by atoms with Crippen LogP contribution < -0.4 is 32.8 Å². The molecule has 0 atom stereocenters. The lowest BCUT2D eigenvalue weighted by Crippen LogP contribution is -2.59. The second kappa shape index (κ2) is 11.5. The van der Waals surface area contributed by atoms with Gasteiger partial charge in [-0.15, -0.1) is 0 Å². The van der Waals surface area contributed by atoms with Gasteiger partial charge in [-0.05, 0) is 72.2 Å². The van der Waals surface area contributed by atoms with E-state index in [4.69, 9.17) is 0 Å². The summed E-state index contributed by atoms with van der Waals surface area (Å²) in [6, 6.07) is 71.0. The van der Waals surface area contributed by atoms with E-state index in [1.807, 2.05) is 11.8 Å². The molecule has 1 aromatic heterocycles. The molecule has 0 spiro atoms. The number of benzene rings is 10. The van der Waals surface area contributed by atoms with Crippen LogP contribution in [0.25, 0.3) is 70.6 Å². The summed E-state index contributed by atoms with van der Waals surface area (Å²) < 4.78 is 2.64. The second-order valence-corrected chi connectivity index (χ2v) is 16.6. The van der Waals surface area contributed by atoms with Gasteiger partial charge in [-0.3, -0.25) is 0 Å². The summed E-state index contributed by atoms with van der Waals surface area (Å²) in [5.74, 6) is 0. The van der Waals surface area contributed by atoms with Gasteiger partial charge < -0.3 is 4.57 Å². The summed E-state index contributed by atoms with van der Waals surface area (Å²) in [4.78, 5) is 2.68. The minimum Gasteiger partial charge on any atom is -0.310 e. The van der Waals surface area contributed by atoms with E-state index in [0.717, 1.165) is 0 Å². The predicted octanol–water partition coefficient (Wildman–Crippen LogP) is 9.21. The highest BCUT2D eigenvalue weighted by molar-refractivity contribution is 8.00. The Labute approximate surface area is 329 Å². The van der Waals surface area contributed by atoms with Gasteiger partial charge in [-0.2, -0.15) is 0 Å². The van der Waals surface area contributed by atoms with Crippen molar-refractivity contribution < 1.29 is 0 Å². The SMILES string of the molecule is c1ccc2c(c1)Sc1cc3c(cc1B2c1cccc2ccccc12)-n1c2ccc4ccccc4c2c2c4ccccc4cc(c21)B3c1cccc2ccccc12. The first-order valence-electron chi connectivity index (χ1n) is 19.6. The molecule has 1 nitrogen and oxygen atoms in total. The number of hydrogen-bond acceptors (Lipinski definition) is 1. The van der Waals surface area contributed by atoms with Crippen molar-refractivity contribution in [2.75, 3.05) is 0 Å². The van der Waals surface area contributed by atoms with Crippen LogP contribution in [0.2, 0.25) is 0 Å². The molecule has 256 valence electrons. The van der Waals surface area contributed by atoms with Crippen LogP contribution in [0.5, 0.6) is 0 Å². The Bertz CT molecular complexity index is 3480. The molecule has 0 fully saturated rings. The highest BCUT2D eigenvalue weighted by Crippen LogP contribution is 2.42. The van der Waals surface area contributed by atoms with E-state index in [-0.39, 0.29) is 13.4 Å². The van der Waals surface area contributed by atoms with Crippen LogP contribution in [0, 0.1) is 0 Å². The van der Waals surface area contributed by atoms with Crippen LogP contribution in [0.4, 0.5) is 0 Å². The Hall–Kier alpha value is -6.48. The van der Waals surface area contributed by atoms with Crippen molar-refractivity contribution in [3.8, 4) is 5.69 Å². The van der Waals surface area contributed by atoms with Crippen molar-refractivity contribution in [3.05, 3.63) is 188 Å². The van der Waals surface area contributed by atoms with Gasteiger partial charge in [-0.1, -0.05) is 203 Å². The summed E-state index contributed by atoms with van der Waals surface area (Å²) in [7, 11) is 0. The van der Waals surface area contributed by atoms with Gasteiger partial charge in [-0.25, -0.2) is 0 Å². The van der Waals surface area contributed by atoms with Crippen molar-refractivity contribution >= 4 is 123 Å². The zero-order chi connectivity index (χ0) is 36.5. The maximum atomic E-state index is 2.64.